The van der Waals surface area contributed by atoms with Crippen LogP contribution in [0.1, 0.15) is 4.88 Å². The quantitative estimate of drug-likeness (QED) is 0.814. The van der Waals surface area contributed by atoms with Crippen LogP contribution in [-0.4, -0.2) is 4.98 Å². The predicted octanol–water partition coefficient (Wildman–Crippen LogP) is 2.44. The molecule has 0 aliphatic carbocycles. The first-order valence-corrected chi connectivity index (χ1v) is 5.19. The van der Waals surface area contributed by atoms with Gasteiger partial charge >= 0.3 is 0 Å². The lowest BCUT2D eigenvalue weighted by atomic mass is 10.3. The van der Waals surface area contributed by atoms with E-state index in [2.05, 4.69) is 4.98 Å². The molecule has 15 heavy (non-hydrogen) atoms. The van der Waals surface area contributed by atoms with Gasteiger partial charge in [0.25, 0.3) is 0 Å². The summed E-state index contributed by atoms with van der Waals surface area (Å²) in [7, 11) is 0. The van der Waals surface area contributed by atoms with Gasteiger partial charge in [-0.05, 0) is 12.1 Å². The van der Waals surface area contributed by atoms with E-state index in [9.17, 15) is 4.39 Å². The zero-order valence-corrected chi connectivity index (χ0v) is 8.63. The smallest absolute Gasteiger partial charge is 0.167 e. The average molecular weight is 224 g/mol. The fourth-order valence-electron chi connectivity index (χ4n) is 1.10. The lowest BCUT2D eigenvalue weighted by Gasteiger charge is -2.05. The van der Waals surface area contributed by atoms with Gasteiger partial charge in [-0.1, -0.05) is 0 Å². The Kier molecular flexibility index (Phi) is 2.82. The number of halogens is 1. The Bertz CT molecular complexity index is 445. The Labute approximate surface area is 90.3 Å². The van der Waals surface area contributed by atoms with E-state index in [1.807, 2.05) is 0 Å². The number of nitrogen functional groups attached to an aromatic ring is 1. The van der Waals surface area contributed by atoms with Crippen LogP contribution in [0, 0.1) is 5.82 Å². The van der Waals surface area contributed by atoms with E-state index in [4.69, 9.17) is 10.5 Å². The van der Waals surface area contributed by atoms with Crippen molar-refractivity contribution in [2.45, 2.75) is 6.61 Å². The minimum absolute atomic E-state index is 0.206. The summed E-state index contributed by atoms with van der Waals surface area (Å²) in [5.41, 5.74) is 7.51. The maximum absolute atomic E-state index is 13.3. The molecule has 0 saturated carbocycles. The van der Waals surface area contributed by atoms with Gasteiger partial charge in [-0.15, -0.1) is 11.3 Å². The number of benzene rings is 1. The van der Waals surface area contributed by atoms with E-state index >= 15 is 0 Å². The van der Waals surface area contributed by atoms with Crippen LogP contribution < -0.4 is 10.5 Å². The molecule has 0 aliphatic heterocycles. The summed E-state index contributed by atoms with van der Waals surface area (Å²) in [6, 6.07) is 4.36. The van der Waals surface area contributed by atoms with Crippen molar-refractivity contribution in [1.82, 2.24) is 4.98 Å². The molecular weight excluding hydrogens is 215 g/mol. The second-order valence-corrected chi connectivity index (χ2v) is 3.92. The molecule has 5 heteroatoms. The van der Waals surface area contributed by atoms with E-state index in [1.165, 1.54) is 23.5 Å². The van der Waals surface area contributed by atoms with E-state index in [-0.39, 0.29) is 5.75 Å². The topological polar surface area (TPSA) is 48.1 Å². The molecule has 2 N–H and O–H groups in total. The van der Waals surface area contributed by atoms with Crippen molar-refractivity contribution in [2.75, 3.05) is 5.73 Å². The molecule has 0 spiro atoms. The Morgan fingerprint density at radius 3 is 3.00 bits per heavy atom. The Hall–Kier alpha value is -1.62. The number of nitrogens with zero attached hydrogens (tertiary/aromatic N) is 1. The molecule has 1 aromatic carbocycles. The zero-order valence-electron chi connectivity index (χ0n) is 7.81. The molecule has 0 fully saturated rings. The SMILES string of the molecule is Nc1ccc(OCc2cncs2)c(F)c1. The Morgan fingerprint density at radius 2 is 2.33 bits per heavy atom. The number of nitrogens with two attached hydrogens (primary N) is 1. The minimum Gasteiger partial charge on any atom is -0.485 e. The van der Waals surface area contributed by atoms with Gasteiger partial charge < -0.3 is 10.5 Å². The molecule has 0 radical (unpaired) electrons. The molecule has 0 atom stereocenters. The van der Waals surface area contributed by atoms with E-state index < -0.39 is 5.82 Å². The minimum atomic E-state index is -0.445. The fraction of sp³-hybridized carbons (Fsp3) is 0.100. The standard InChI is InChI=1S/C10H9FN2OS/c11-9-3-7(12)1-2-10(9)14-5-8-4-13-6-15-8/h1-4,6H,5,12H2. The van der Waals surface area contributed by atoms with Gasteiger partial charge in [0.2, 0.25) is 0 Å². The molecule has 0 bridgehead atoms. The number of thiazole rings is 1. The van der Waals surface area contributed by atoms with Crippen LogP contribution in [0.15, 0.2) is 29.9 Å². The van der Waals surface area contributed by atoms with Crippen LogP contribution in [0.3, 0.4) is 0 Å². The van der Waals surface area contributed by atoms with E-state index in [0.717, 1.165) is 4.88 Å². The van der Waals surface area contributed by atoms with Crippen LogP contribution in [0.2, 0.25) is 0 Å². The molecular formula is C10H9FN2OS. The monoisotopic (exact) mass is 224 g/mol. The lowest BCUT2D eigenvalue weighted by molar-refractivity contribution is 0.293. The van der Waals surface area contributed by atoms with Gasteiger partial charge in [0, 0.05) is 18.0 Å². The third-order valence-electron chi connectivity index (χ3n) is 1.81. The molecule has 2 rings (SSSR count). The first kappa shape index (κ1) is 9.92. The van der Waals surface area contributed by atoms with Crippen molar-refractivity contribution in [3.63, 3.8) is 0 Å². The zero-order chi connectivity index (χ0) is 10.7. The summed E-state index contributed by atoms with van der Waals surface area (Å²) in [6.45, 7) is 0.325. The highest BCUT2D eigenvalue weighted by Gasteiger charge is 2.04. The van der Waals surface area contributed by atoms with E-state index in [1.54, 1.807) is 17.8 Å². The van der Waals surface area contributed by atoms with Gasteiger partial charge in [0.1, 0.15) is 6.61 Å². The van der Waals surface area contributed by atoms with Crippen molar-refractivity contribution >= 4 is 17.0 Å². The number of anilines is 1. The first-order valence-electron chi connectivity index (χ1n) is 4.31. The molecule has 78 valence electrons. The molecule has 0 amide bonds. The highest BCUT2D eigenvalue weighted by molar-refractivity contribution is 7.09. The van der Waals surface area contributed by atoms with Crippen LogP contribution in [-0.2, 0) is 6.61 Å². The van der Waals surface area contributed by atoms with Crippen LogP contribution in [0.5, 0.6) is 5.75 Å². The van der Waals surface area contributed by atoms with Crippen molar-refractivity contribution in [1.29, 1.82) is 0 Å². The molecule has 3 nitrogen and oxygen atoms in total. The number of hydrogen-bond donors (Lipinski definition) is 1. The van der Waals surface area contributed by atoms with Gasteiger partial charge in [0.15, 0.2) is 11.6 Å². The van der Waals surface area contributed by atoms with Gasteiger partial charge in [-0.2, -0.15) is 0 Å². The molecule has 1 heterocycles. The summed E-state index contributed by atoms with van der Waals surface area (Å²) in [5, 5.41) is 0. The summed E-state index contributed by atoms with van der Waals surface area (Å²) in [5.74, 6) is -0.239. The van der Waals surface area contributed by atoms with E-state index in [0.29, 0.717) is 12.3 Å². The molecule has 2 aromatic rings. The molecule has 0 unspecified atom stereocenters. The Morgan fingerprint density at radius 1 is 1.47 bits per heavy atom. The second-order valence-electron chi connectivity index (χ2n) is 2.95. The summed E-state index contributed by atoms with van der Waals surface area (Å²) >= 11 is 1.47. The predicted molar refractivity (Wildman–Crippen MR) is 57.3 cm³/mol. The Balaban J connectivity index is 2.05. The highest BCUT2D eigenvalue weighted by Crippen LogP contribution is 2.21. The summed E-state index contributed by atoms with van der Waals surface area (Å²) in [4.78, 5) is 4.85. The second kappa shape index (κ2) is 4.27. The maximum Gasteiger partial charge on any atom is 0.167 e. The van der Waals surface area contributed by atoms with Crippen molar-refractivity contribution in [3.8, 4) is 5.75 Å². The number of rotatable bonds is 3. The number of hydrogen-bond acceptors (Lipinski definition) is 4. The number of aromatic nitrogens is 1. The largest absolute Gasteiger partial charge is 0.485 e. The average Bonchev–Trinajstić information content (AvgIpc) is 2.69. The lowest BCUT2D eigenvalue weighted by Crippen LogP contribution is -1.96. The van der Waals surface area contributed by atoms with Gasteiger partial charge in [-0.3, -0.25) is 4.98 Å². The van der Waals surface area contributed by atoms with Gasteiger partial charge in [0.05, 0.1) is 10.4 Å². The maximum atomic E-state index is 13.3. The summed E-state index contributed by atoms with van der Waals surface area (Å²) < 4.78 is 18.5. The third kappa shape index (κ3) is 2.44. The van der Waals surface area contributed by atoms with Crippen molar-refractivity contribution < 1.29 is 9.13 Å². The number of ether oxygens (including phenoxy) is 1. The van der Waals surface area contributed by atoms with Crippen molar-refractivity contribution in [2.24, 2.45) is 0 Å². The molecule has 0 aliphatic rings. The first-order chi connectivity index (χ1) is 7.25. The normalized spacial score (nSPS) is 10.2. The van der Waals surface area contributed by atoms with Crippen molar-refractivity contribution in [3.05, 3.63) is 40.6 Å². The van der Waals surface area contributed by atoms with Crippen LogP contribution in [0.25, 0.3) is 0 Å². The van der Waals surface area contributed by atoms with Gasteiger partial charge in [-0.25, -0.2) is 4.39 Å². The molecule has 1 aromatic heterocycles. The van der Waals surface area contributed by atoms with Crippen LogP contribution in [0.4, 0.5) is 10.1 Å². The van der Waals surface area contributed by atoms with Crippen LogP contribution >= 0.6 is 11.3 Å². The molecule has 0 saturated heterocycles. The third-order valence-corrected chi connectivity index (χ3v) is 2.56. The fourth-order valence-corrected chi connectivity index (χ4v) is 1.60. The summed E-state index contributed by atoms with van der Waals surface area (Å²) in [6.07, 6.45) is 1.69. The highest BCUT2D eigenvalue weighted by atomic mass is 32.1.